The second-order valence-corrected chi connectivity index (χ2v) is 4.02. The highest BCUT2D eigenvalue weighted by Gasteiger charge is 2.12. The van der Waals surface area contributed by atoms with Gasteiger partial charge >= 0.3 is 12.0 Å². The number of aromatic nitrogens is 3. The molecule has 0 unspecified atom stereocenters. The van der Waals surface area contributed by atoms with Crippen molar-refractivity contribution in [3.63, 3.8) is 0 Å². The van der Waals surface area contributed by atoms with Gasteiger partial charge < -0.3 is 14.8 Å². The maximum Gasteiger partial charge on any atom is 0.324 e. The molecule has 0 fully saturated rings. The highest BCUT2D eigenvalue weighted by Crippen LogP contribution is 2.14. The van der Waals surface area contributed by atoms with Crippen LogP contribution < -0.4 is 14.8 Å². The Bertz CT molecular complexity index is 391. The number of ether oxygens (including phenoxy) is 2. The van der Waals surface area contributed by atoms with Crippen molar-refractivity contribution in [3.05, 3.63) is 0 Å². The van der Waals surface area contributed by atoms with Crippen molar-refractivity contribution >= 4 is 5.95 Å². The number of rotatable bonds is 8. The average molecular weight is 276 g/mol. The number of anilines is 1. The van der Waals surface area contributed by atoms with Gasteiger partial charge in [0, 0.05) is 6.54 Å². The van der Waals surface area contributed by atoms with Crippen LogP contribution in [0.1, 0.15) is 27.2 Å². The number of nitrogens with zero attached hydrogens (tertiary/aromatic N) is 3. The molecule has 0 atom stereocenters. The van der Waals surface area contributed by atoms with Crippen LogP contribution in [0.5, 0.6) is 12.0 Å². The first-order valence-electron chi connectivity index (χ1n) is 6.08. The van der Waals surface area contributed by atoms with Gasteiger partial charge in [0.1, 0.15) is 0 Å². The zero-order valence-corrected chi connectivity index (χ0v) is 11.2. The molecule has 1 N–H and O–H groups in total. The quantitative estimate of drug-likeness (QED) is 0.784. The molecular formula is C11H18F2N4O2. The van der Waals surface area contributed by atoms with Crippen molar-refractivity contribution in [3.8, 4) is 12.0 Å². The molecule has 6 nitrogen and oxygen atoms in total. The molecule has 1 aromatic heterocycles. The Kier molecular flexibility index (Phi) is 6.17. The van der Waals surface area contributed by atoms with E-state index in [0.717, 1.165) is 6.42 Å². The summed E-state index contributed by atoms with van der Waals surface area (Å²) >= 11 is 0. The molecule has 1 aromatic rings. The van der Waals surface area contributed by atoms with Crippen LogP contribution in [-0.2, 0) is 0 Å². The SMILES string of the molecule is CCCNc1nc(OCC(F)F)nc(OC(C)C)n1. The minimum absolute atomic E-state index is 0.0490. The zero-order chi connectivity index (χ0) is 14.3. The Morgan fingerprint density at radius 2 is 1.84 bits per heavy atom. The molecule has 0 bridgehead atoms. The topological polar surface area (TPSA) is 69.2 Å². The van der Waals surface area contributed by atoms with Gasteiger partial charge in [0.2, 0.25) is 5.95 Å². The Morgan fingerprint density at radius 1 is 1.16 bits per heavy atom. The molecule has 0 radical (unpaired) electrons. The maximum atomic E-state index is 12.1. The van der Waals surface area contributed by atoms with Gasteiger partial charge in [0.15, 0.2) is 6.61 Å². The summed E-state index contributed by atoms with van der Waals surface area (Å²) in [6, 6.07) is -0.127. The average Bonchev–Trinajstić information content (AvgIpc) is 2.33. The molecule has 1 heterocycles. The van der Waals surface area contributed by atoms with Gasteiger partial charge in [-0.2, -0.15) is 9.97 Å². The van der Waals surface area contributed by atoms with E-state index in [1.54, 1.807) is 0 Å². The van der Waals surface area contributed by atoms with Gasteiger partial charge in [-0.3, -0.25) is 0 Å². The first kappa shape index (κ1) is 15.3. The fourth-order valence-corrected chi connectivity index (χ4v) is 1.12. The largest absolute Gasteiger partial charge is 0.461 e. The van der Waals surface area contributed by atoms with Crippen LogP contribution in [-0.4, -0.2) is 40.6 Å². The lowest BCUT2D eigenvalue weighted by atomic mass is 10.5. The molecule has 0 amide bonds. The van der Waals surface area contributed by atoms with Crippen LogP contribution >= 0.6 is 0 Å². The predicted octanol–water partition coefficient (Wildman–Crippen LogP) is 2.12. The molecule has 1 rings (SSSR count). The maximum absolute atomic E-state index is 12.1. The second kappa shape index (κ2) is 7.65. The number of alkyl halides is 2. The van der Waals surface area contributed by atoms with E-state index in [4.69, 9.17) is 9.47 Å². The van der Waals surface area contributed by atoms with Crippen LogP contribution in [0.2, 0.25) is 0 Å². The van der Waals surface area contributed by atoms with E-state index in [1.165, 1.54) is 0 Å². The van der Waals surface area contributed by atoms with Crippen molar-refractivity contribution < 1.29 is 18.3 Å². The summed E-state index contributed by atoms with van der Waals surface area (Å²) in [5.74, 6) is 0.247. The van der Waals surface area contributed by atoms with E-state index in [9.17, 15) is 8.78 Å². The number of halogens is 2. The minimum Gasteiger partial charge on any atom is -0.461 e. The van der Waals surface area contributed by atoms with E-state index in [-0.39, 0.29) is 24.1 Å². The third kappa shape index (κ3) is 6.12. The standard InChI is InChI=1S/C11H18F2N4O2/c1-4-5-14-9-15-10(18-6-8(12)13)17-11(16-9)19-7(2)3/h7-8H,4-6H2,1-3H3,(H,14,15,16,17). The smallest absolute Gasteiger partial charge is 0.324 e. The molecule has 0 aliphatic rings. The highest BCUT2D eigenvalue weighted by molar-refractivity contribution is 5.27. The lowest BCUT2D eigenvalue weighted by molar-refractivity contribution is 0.0760. The van der Waals surface area contributed by atoms with Crippen molar-refractivity contribution in [1.82, 2.24) is 15.0 Å². The number of hydrogen-bond donors (Lipinski definition) is 1. The summed E-state index contributed by atoms with van der Waals surface area (Å²) in [6.07, 6.45) is -1.85. The van der Waals surface area contributed by atoms with E-state index in [1.807, 2.05) is 20.8 Å². The Hall–Kier alpha value is -1.73. The van der Waals surface area contributed by atoms with Gasteiger partial charge in [-0.25, -0.2) is 8.78 Å². The van der Waals surface area contributed by atoms with Crippen LogP contribution in [0, 0.1) is 0 Å². The number of hydrogen-bond acceptors (Lipinski definition) is 6. The third-order valence-corrected chi connectivity index (χ3v) is 1.81. The molecule has 0 spiro atoms. The third-order valence-electron chi connectivity index (χ3n) is 1.81. The lowest BCUT2D eigenvalue weighted by Gasteiger charge is -2.11. The van der Waals surface area contributed by atoms with Crippen molar-refractivity contribution in [2.75, 3.05) is 18.5 Å². The molecule has 0 aliphatic carbocycles. The first-order chi connectivity index (χ1) is 9.01. The second-order valence-electron chi connectivity index (χ2n) is 4.02. The number of nitrogens with one attached hydrogen (secondary N) is 1. The molecule has 108 valence electrons. The van der Waals surface area contributed by atoms with Crippen LogP contribution in [0.3, 0.4) is 0 Å². The molecule has 19 heavy (non-hydrogen) atoms. The van der Waals surface area contributed by atoms with Gasteiger partial charge in [0.25, 0.3) is 6.43 Å². The zero-order valence-electron chi connectivity index (χ0n) is 11.2. The van der Waals surface area contributed by atoms with Crippen LogP contribution in [0.25, 0.3) is 0 Å². The predicted molar refractivity (Wildman–Crippen MR) is 65.9 cm³/mol. The minimum atomic E-state index is -2.58. The van der Waals surface area contributed by atoms with E-state index >= 15 is 0 Å². The van der Waals surface area contributed by atoms with Crippen molar-refractivity contribution in [1.29, 1.82) is 0 Å². The van der Waals surface area contributed by atoms with E-state index in [0.29, 0.717) is 6.54 Å². The van der Waals surface area contributed by atoms with Crippen molar-refractivity contribution in [2.24, 2.45) is 0 Å². The molecule has 0 saturated carbocycles. The van der Waals surface area contributed by atoms with E-state index < -0.39 is 13.0 Å². The summed E-state index contributed by atoms with van der Waals surface area (Å²) in [7, 11) is 0. The van der Waals surface area contributed by atoms with Crippen molar-refractivity contribution in [2.45, 2.75) is 39.7 Å². The summed E-state index contributed by atoms with van der Waals surface area (Å²) < 4.78 is 34.3. The Labute approximate surface area is 110 Å². The summed E-state index contributed by atoms with van der Waals surface area (Å²) in [5.41, 5.74) is 0. The summed E-state index contributed by atoms with van der Waals surface area (Å²) in [5, 5.41) is 2.93. The lowest BCUT2D eigenvalue weighted by Crippen LogP contribution is -2.15. The van der Waals surface area contributed by atoms with Gasteiger partial charge in [-0.15, -0.1) is 4.98 Å². The van der Waals surface area contributed by atoms with Crippen LogP contribution in [0.4, 0.5) is 14.7 Å². The molecule has 0 aliphatic heterocycles. The molecular weight excluding hydrogens is 258 g/mol. The molecule has 8 heteroatoms. The van der Waals surface area contributed by atoms with Gasteiger partial charge in [0.05, 0.1) is 6.10 Å². The van der Waals surface area contributed by atoms with E-state index in [2.05, 4.69) is 20.3 Å². The normalized spacial score (nSPS) is 10.9. The Balaban J connectivity index is 2.81. The fraction of sp³-hybridized carbons (Fsp3) is 0.727. The highest BCUT2D eigenvalue weighted by atomic mass is 19.3. The van der Waals surface area contributed by atoms with Gasteiger partial charge in [-0.05, 0) is 20.3 Å². The molecule has 0 aromatic carbocycles. The van der Waals surface area contributed by atoms with Gasteiger partial charge in [-0.1, -0.05) is 6.92 Å². The van der Waals surface area contributed by atoms with Crippen LogP contribution in [0.15, 0.2) is 0 Å². The summed E-state index contributed by atoms with van der Waals surface area (Å²) in [6.45, 7) is 5.48. The fourth-order valence-electron chi connectivity index (χ4n) is 1.12. The monoisotopic (exact) mass is 276 g/mol. The first-order valence-corrected chi connectivity index (χ1v) is 6.08. The Morgan fingerprint density at radius 3 is 2.42 bits per heavy atom. The summed E-state index contributed by atoms with van der Waals surface area (Å²) in [4.78, 5) is 11.7. The molecule has 0 saturated heterocycles.